The standard InChI is InChI=1S/C14H19ClFN/c1-2-17(10-11-4-3-5-11)14-7-12(9-15)6-13(16)8-14/h6-8,11H,2-5,9-10H2,1H3. The molecule has 1 nitrogen and oxygen atoms in total. The van der Waals surface area contributed by atoms with E-state index >= 15 is 0 Å². The van der Waals surface area contributed by atoms with E-state index in [0.717, 1.165) is 30.3 Å². The van der Waals surface area contributed by atoms with Crippen molar-refractivity contribution in [3.8, 4) is 0 Å². The lowest BCUT2D eigenvalue weighted by molar-refractivity contribution is 0.318. The van der Waals surface area contributed by atoms with Crippen molar-refractivity contribution in [1.82, 2.24) is 0 Å². The minimum Gasteiger partial charge on any atom is -0.371 e. The quantitative estimate of drug-likeness (QED) is 0.713. The summed E-state index contributed by atoms with van der Waals surface area (Å²) in [5.41, 5.74) is 1.82. The molecule has 0 amide bonds. The van der Waals surface area contributed by atoms with E-state index < -0.39 is 0 Å². The first-order chi connectivity index (χ1) is 8.22. The van der Waals surface area contributed by atoms with Gasteiger partial charge in [-0.1, -0.05) is 6.42 Å². The van der Waals surface area contributed by atoms with Crippen molar-refractivity contribution in [1.29, 1.82) is 0 Å². The third kappa shape index (κ3) is 3.12. The molecular weight excluding hydrogens is 237 g/mol. The zero-order valence-electron chi connectivity index (χ0n) is 10.3. The minimum absolute atomic E-state index is 0.190. The first-order valence-electron chi connectivity index (χ1n) is 6.33. The van der Waals surface area contributed by atoms with E-state index in [-0.39, 0.29) is 5.82 Å². The summed E-state index contributed by atoms with van der Waals surface area (Å²) in [5, 5.41) is 0. The number of nitrogens with zero attached hydrogens (tertiary/aromatic N) is 1. The van der Waals surface area contributed by atoms with Gasteiger partial charge in [-0.25, -0.2) is 4.39 Å². The molecular formula is C14H19ClFN. The normalized spacial score (nSPS) is 15.7. The molecule has 0 N–H and O–H groups in total. The van der Waals surface area contributed by atoms with E-state index in [1.165, 1.54) is 25.3 Å². The molecule has 2 rings (SSSR count). The molecule has 1 saturated carbocycles. The average molecular weight is 256 g/mol. The van der Waals surface area contributed by atoms with Crippen LogP contribution in [0.1, 0.15) is 31.7 Å². The molecule has 1 fully saturated rings. The predicted octanol–water partition coefficient (Wildman–Crippen LogP) is 4.19. The van der Waals surface area contributed by atoms with Gasteiger partial charge in [-0.3, -0.25) is 0 Å². The van der Waals surface area contributed by atoms with Crippen LogP contribution in [0.25, 0.3) is 0 Å². The van der Waals surface area contributed by atoms with Gasteiger partial charge in [0.1, 0.15) is 5.82 Å². The average Bonchev–Trinajstić information content (AvgIpc) is 2.27. The van der Waals surface area contributed by atoms with Crippen molar-refractivity contribution in [3.05, 3.63) is 29.6 Å². The van der Waals surface area contributed by atoms with Gasteiger partial charge < -0.3 is 4.90 Å². The Labute approximate surface area is 108 Å². The van der Waals surface area contributed by atoms with Crippen LogP contribution in [0.4, 0.5) is 10.1 Å². The van der Waals surface area contributed by atoms with Crippen molar-refractivity contribution >= 4 is 17.3 Å². The molecule has 3 heteroatoms. The van der Waals surface area contributed by atoms with Gasteiger partial charge in [0.15, 0.2) is 0 Å². The van der Waals surface area contributed by atoms with E-state index in [4.69, 9.17) is 11.6 Å². The van der Waals surface area contributed by atoms with Crippen LogP contribution in [0.2, 0.25) is 0 Å². The maximum Gasteiger partial charge on any atom is 0.125 e. The molecule has 0 radical (unpaired) electrons. The van der Waals surface area contributed by atoms with Crippen molar-refractivity contribution < 1.29 is 4.39 Å². The Morgan fingerprint density at radius 3 is 2.65 bits per heavy atom. The predicted molar refractivity (Wildman–Crippen MR) is 71.2 cm³/mol. The molecule has 0 bridgehead atoms. The van der Waals surface area contributed by atoms with Gasteiger partial charge in [0.2, 0.25) is 0 Å². The molecule has 0 heterocycles. The van der Waals surface area contributed by atoms with E-state index in [2.05, 4.69) is 11.8 Å². The summed E-state index contributed by atoms with van der Waals surface area (Å²) in [6.07, 6.45) is 3.97. The molecule has 0 spiro atoms. The van der Waals surface area contributed by atoms with Crippen LogP contribution in [0.15, 0.2) is 18.2 Å². The Balaban J connectivity index is 2.13. The van der Waals surface area contributed by atoms with E-state index in [0.29, 0.717) is 5.88 Å². The lowest BCUT2D eigenvalue weighted by atomic mass is 9.85. The Morgan fingerprint density at radius 2 is 2.12 bits per heavy atom. The Bertz CT molecular complexity index is 376. The summed E-state index contributed by atoms with van der Waals surface area (Å²) in [4.78, 5) is 2.25. The van der Waals surface area contributed by atoms with Gasteiger partial charge >= 0.3 is 0 Å². The molecule has 1 aliphatic carbocycles. The summed E-state index contributed by atoms with van der Waals surface area (Å²) in [5.74, 6) is 0.967. The molecule has 1 aromatic rings. The van der Waals surface area contributed by atoms with Crippen LogP contribution in [0, 0.1) is 11.7 Å². The van der Waals surface area contributed by atoms with Gasteiger partial charge in [0.05, 0.1) is 0 Å². The van der Waals surface area contributed by atoms with E-state index in [1.807, 2.05) is 6.07 Å². The van der Waals surface area contributed by atoms with Crippen molar-refractivity contribution in [2.75, 3.05) is 18.0 Å². The molecule has 1 aromatic carbocycles. The molecule has 0 aromatic heterocycles. The number of halogens is 2. The zero-order chi connectivity index (χ0) is 12.3. The van der Waals surface area contributed by atoms with Gasteiger partial charge in [0.25, 0.3) is 0 Å². The smallest absolute Gasteiger partial charge is 0.125 e. The Hall–Kier alpha value is -0.760. The zero-order valence-corrected chi connectivity index (χ0v) is 11.0. The lowest BCUT2D eigenvalue weighted by Crippen LogP contribution is -2.32. The Kier molecular flexibility index (Phi) is 4.27. The first kappa shape index (κ1) is 12.7. The summed E-state index contributed by atoms with van der Waals surface area (Å²) >= 11 is 5.78. The van der Waals surface area contributed by atoms with Crippen LogP contribution in [-0.4, -0.2) is 13.1 Å². The second-order valence-electron chi connectivity index (χ2n) is 4.79. The topological polar surface area (TPSA) is 3.24 Å². The number of anilines is 1. The van der Waals surface area contributed by atoms with Crippen LogP contribution in [0.3, 0.4) is 0 Å². The van der Waals surface area contributed by atoms with Gasteiger partial charge in [-0.15, -0.1) is 11.6 Å². The molecule has 94 valence electrons. The largest absolute Gasteiger partial charge is 0.371 e. The molecule has 0 saturated heterocycles. The minimum atomic E-state index is -0.190. The molecule has 0 atom stereocenters. The van der Waals surface area contributed by atoms with Crippen molar-refractivity contribution in [2.24, 2.45) is 5.92 Å². The second-order valence-corrected chi connectivity index (χ2v) is 5.05. The van der Waals surface area contributed by atoms with E-state index in [9.17, 15) is 4.39 Å². The maximum absolute atomic E-state index is 13.5. The van der Waals surface area contributed by atoms with E-state index in [1.54, 1.807) is 6.07 Å². The van der Waals surface area contributed by atoms with Gasteiger partial charge in [-0.05, 0) is 49.4 Å². The maximum atomic E-state index is 13.5. The van der Waals surface area contributed by atoms with Gasteiger partial charge in [-0.2, -0.15) is 0 Å². The third-order valence-corrected chi connectivity index (χ3v) is 3.86. The number of rotatable bonds is 5. The molecule has 1 aliphatic rings. The molecule has 0 aliphatic heterocycles. The highest BCUT2D eigenvalue weighted by atomic mass is 35.5. The SMILES string of the molecule is CCN(CC1CCC1)c1cc(F)cc(CCl)c1. The summed E-state index contributed by atoms with van der Waals surface area (Å²) in [6.45, 7) is 4.08. The van der Waals surface area contributed by atoms with Gasteiger partial charge in [0, 0.05) is 24.7 Å². The fraction of sp³-hybridized carbons (Fsp3) is 0.571. The van der Waals surface area contributed by atoms with Crippen LogP contribution in [-0.2, 0) is 5.88 Å². The van der Waals surface area contributed by atoms with Crippen LogP contribution >= 0.6 is 11.6 Å². The van der Waals surface area contributed by atoms with Crippen molar-refractivity contribution in [2.45, 2.75) is 32.1 Å². The van der Waals surface area contributed by atoms with Crippen LogP contribution in [0.5, 0.6) is 0 Å². The highest BCUT2D eigenvalue weighted by molar-refractivity contribution is 6.17. The fourth-order valence-corrected chi connectivity index (χ4v) is 2.45. The number of hydrogen-bond acceptors (Lipinski definition) is 1. The number of benzene rings is 1. The highest BCUT2D eigenvalue weighted by Crippen LogP contribution is 2.29. The highest BCUT2D eigenvalue weighted by Gasteiger charge is 2.20. The van der Waals surface area contributed by atoms with Crippen LogP contribution < -0.4 is 4.90 Å². The first-order valence-corrected chi connectivity index (χ1v) is 6.86. The number of alkyl halides is 1. The summed E-state index contributed by atoms with van der Waals surface area (Å²) < 4.78 is 13.5. The summed E-state index contributed by atoms with van der Waals surface area (Å²) in [7, 11) is 0. The summed E-state index contributed by atoms with van der Waals surface area (Å²) in [6, 6.07) is 5.12. The Morgan fingerprint density at radius 1 is 1.35 bits per heavy atom. The second kappa shape index (κ2) is 5.72. The van der Waals surface area contributed by atoms with Crippen molar-refractivity contribution in [3.63, 3.8) is 0 Å². The molecule has 17 heavy (non-hydrogen) atoms. The third-order valence-electron chi connectivity index (χ3n) is 3.55. The molecule has 0 unspecified atom stereocenters. The number of hydrogen-bond donors (Lipinski definition) is 0. The monoisotopic (exact) mass is 255 g/mol. The lowest BCUT2D eigenvalue weighted by Gasteiger charge is -2.33. The fourth-order valence-electron chi connectivity index (χ4n) is 2.30.